The Bertz CT molecular complexity index is 715. The fraction of sp³-hybridized carbons (Fsp3) is 0.222. The zero-order valence-electron chi connectivity index (χ0n) is 13.3. The van der Waals surface area contributed by atoms with Gasteiger partial charge in [0, 0.05) is 15.7 Å². The van der Waals surface area contributed by atoms with Gasteiger partial charge in [0.05, 0.1) is 0 Å². The van der Waals surface area contributed by atoms with Crippen molar-refractivity contribution < 1.29 is 14.3 Å². The van der Waals surface area contributed by atoms with Crippen molar-refractivity contribution in [3.05, 3.63) is 57.6 Å². The lowest BCUT2D eigenvalue weighted by atomic mass is 10.1. The minimum atomic E-state index is -0.251. The van der Waals surface area contributed by atoms with Gasteiger partial charge in [-0.1, -0.05) is 15.9 Å². The van der Waals surface area contributed by atoms with Crippen molar-refractivity contribution >= 4 is 33.3 Å². The van der Waals surface area contributed by atoms with Crippen LogP contribution in [0.3, 0.4) is 0 Å². The summed E-state index contributed by atoms with van der Waals surface area (Å²) in [5.41, 5.74) is 3.35. The van der Waals surface area contributed by atoms with E-state index in [2.05, 4.69) is 21.2 Å². The summed E-state index contributed by atoms with van der Waals surface area (Å²) in [6.45, 7) is 5.37. The van der Waals surface area contributed by atoms with E-state index < -0.39 is 0 Å². The number of rotatable bonds is 5. The van der Waals surface area contributed by atoms with Gasteiger partial charge in [-0.15, -0.1) is 0 Å². The molecule has 2 rings (SSSR count). The van der Waals surface area contributed by atoms with E-state index in [1.54, 1.807) is 24.3 Å². The number of ketones is 1. The number of carbonyl (C=O) groups excluding carboxylic acids is 2. The lowest BCUT2D eigenvalue weighted by molar-refractivity contribution is -0.118. The normalized spacial score (nSPS) is 10.3. The SMILES string of the molecule is CC(=O)c1ccc(NC(=O)COc2cc(C)c(Br)c(C)c2)cc1. The van der Waals surface area contributed by atoms with E-state index in [4.69, 9.17) is 4.74 Å². The van der Waals surface area contributed by atoms with Crippen LogP contribution < -0.4 is 10.1 Å². The van der Waals surface area contributed by atoms with E-state index >= 15 is 0 Å². The molecule has 0 aliphatic rings. The van der Waals surface area contributed by atoms with Crippen LogP contribution in [0.4, 0.5) is 5.69 Å². The average molecular weight is 376 g/mol. The summed E-state index contributed by atoms with van der Waals surface area (Å²) in [6.07, 6.45) is 0. The molecule has 5 heteroatoms. The minimum absolute atomic E-state index is 0.00723. The Hall–Kier alpha value is -2.14. The van der Waals surface area contributed by atoms with Crippen LogP contribution in [-0.4, -0.2) is 18.3 Å². The Labute approximate surface area is 144 Å². The van der Waals surface area contributed by atoms with Gasteiger partial charge >= 0.3 is 0 Å². The predicted molar refractivity (Wildman–Crippen MR) is 94.2 cm³/mol. The van der Waals surface area contributed by atoms with Gasteiger partial charge in [-0.2, -0.15) is 0 Å². The van der Waals surface area contributed by atoms with Gasteiger partial charge in [0.1, 0.15) is 5.75 Å². The molecule has 0 aliphatic heterocycles. The summed E-state index contributed by atoms with van der Waals surface area (Å²) in [7, 11) is 0. The molecule has 0 aliphatic carbocycles. The van der Waals surface area contributed by atoms with Crippen LogP contribution in [0.15, 0.2) is 40.9 Å². The van der Waals surface area contributed by atoms with Gasteiger partial charge in [0.15, 0.2) is 12.4 Å². The lowest BCUT2D eigenvalue weighted by Gasteiger charge is -2.10. The number of halogens is 1. The lowest BCUT2D eigenvalue weighted by Crippen LogP contribution is -2.20. The summed E-state index contributed by atoms with van der Waals surface area (Å²) < 4.78 is 6.57. The second-order valence-corrected chi connectivity index (χ2v) is 6.13. The van der Waals surface area contributed by atoms with Crippen LogP contribution in [0.25, 0.3) is 0 Å². The molecule has 2 aromatic rings. The van der Waals surface area contributed by atoms with Crippen molar-refractivity contribution in [3.63, 3.8) is 0 Å². The number of aryl methyl sites for hydroxylation is 2. The molecular weight excluding hydrogens is 358 g/mol. The number of Topliss-reactive ketones (excluding diaryl/α,β-unsaturated/α-hetero) is 1. The predicted octanol–water partition coefficient (Wildman–Crippen LogP) is 4.29. The Morgan fingerprint density at radius 1 is 1.09 bits per heavy atom. The maximum absolute atomic E-state index is 11.9. The second-order valence-electron chi connectivity index (χ2n) is 5.34. The van der Waals surface area contributed by atoms with Crippen LogP contribution in [0.2, 0.25) is 0 Å². The molecule has 1 N–H and O–H groups in total. The molecule has 0 fully saturated rings. The van der Waals surface area contributed by atoms with Gasteiger partial charge in [0.2, 0.25) is 0 Å². The van der Waals surface area contributed by atoms with E-state index in [1.807, 2.05) is 26.0 Å². The van der Waals surface area contributed by atoms with E-state index in [0.717, 1.165) is 15.6 Å². The Balaban J connectivity index is 1.93. The molecule has 0 radical (unpaired) electrons. The number of amides is 1. The van der Waals surface area contributed by atoms with Crippen molar-refractivity contribution in [2.75, 3.05) is 11.9 Å². The van der Waals surface area contributed by atoms with Crippen LogP contribution in [0.5, 0.6) is 5.75 Å². The summed E-state index contributed by atoms with van der Waals surface area (Å²) >= 11 is 3.49. The highest BCUT2D eigenvalue weighted by Gasteiger charge is 2.07. The van der Waals surface area contributed by atoms with Gasteiger partial charge in [-0.05, 0) is 68.3 Å². The molecule has 0 heterocycles. The summed E-state index contributed by atoms with van der Waals surface area (Å²) in [5.74, 6) is 0.399. The zero-order valence-corrected chi connectivity index (χ0v) is 14.9. The van der Waals surface area contributed by atoms with Crippen molar-refractivity contribution in [1.82, 2.24) is 0 Å². The summed E-state index contributed by atoms with van der Waals surface area (Å²) in [5, 5.41) is 2.73. The standard InChI is InChI=1S/C18H18BrNO3/c1-11-8-16(9-12(2)18(11)19)23-10-17(22)20-15-6-4-14(5-7-15)13(3)21/h4-9H,10H2,1-3H3,(H,20,22). The van der Waals surface area contributed by atoms with Crippen molar-refractivity contribution in [3.8, 4) is 5.75 Å². The highest BCUT2D eigenvalue weighted by molar-refractivity contribution is 9.10. The molecule has 1 amide bonds. The first-order valence-electron chi connectivity index (χ1n) is 7.17. The molecule has 0 aromatic heterocycles. The largest absolute Gasteiger partial charge is 0.484 e. The third-order valence-corrected chi connectivity index (χ3v) is 4.61. The first-order valence-corrected chi connectivity index (χ1v) is 7.96. The van der Waals surface area contributed by atoms with Gasteiger partial charge in [-0.25, -0.2) is 0 Å². The molecule has 120 valence electrons. The van der Waals surface area contributed by atoms with Crippen LogP contribution in [0.1, 0.15) is 28.4 Å². The first kappa shape index (κ1) is 17.2. The van der Waals surface area contributed by atoms with Crippen LogP contribution >= 0.6 is 15.9 Å². The fourth-order valence-corrected chi connectivity index (χ4v) is 2.35. The number of benzene rings is 2. The molecule has 0 unspecified atom stereocenters. The summed E-state index contributed by atoms with van der Waals surface area (Å²) in [4.78, 5) is 23.1. The number of hydrogen-bond acceptors (Lipinski definition) is 3. The molecule has 0 saturated carbocycles. The van der Waals surface area contributed by atoms with E-state index in [1.165, 1.54) is 6.92 Å². The number of anilines is 1. The number of carbonyl (C=O) groups is 2. The van der Waals surface area contributed by atoms with Crippen LogP contribution in [-0.2, 0) is 4.79 Å². The third kappa shape index (κ3) is 4.66. The molecule has 0 bridgehead atoms. The van der Waals surface area contributed by atoms with E-state index in [9.17, 15) is 9.59 Å². The second kappa shape index (κ2) is 7.42. The Morgan fingerprint density at radius 3 is 2.17 bits per heavy atom. The monoisotopic (exact) mass is 375 g/mol. The Kier molecular flexibility index (Phi) is 5.55. The van der Waals surface area contributed by atoms with E-state index in [-0.39, 0.29) is 18.3 Å². The Morgan fingerprint density at radius 2 is 1.65 bits per heavy atom. The molecule has 0 spiro atoms. The number of hydrogen-bond donors (Lipinski definition) is 1. The molecular formula is C18H18BrNO3. The molecule has 4 nitrogen and oxygen atoms in total. The van der Waals surface area contributed by atoms with Gasteiger partial charge < -0.3 is 10.1 Å². The van der Waals surface area contributed by atoms with Gasteiger partial charge in [0.25, 0.3) is 5.91 Å². The van der Waals surface area contributed by atoms with Crippen molar-refractivity contribution in [2.45, 2.75) is 20.8 Å². The smallest absolute Gasteiger partial charge is 0.262 e. The average Bonchev–Trinajstić information content (AvgIpc) is 2.51. The highest BCUT2D eigenvalue weighted by Crippen LogP contribution is 2.26. The molecule has 2 aromatic carbocycles. The van der Waals surface area contributed by atoms with Crippen molar-refractivity contribution in [2.24, 2.45) is 0 Å². The maximum atomic E-state index is 11.9. The summed E-state index contributed by atoms with van der Waals surface area (Å²) in [6, 6.07) is 10.5. The zero-order chi connectivity index (χ0) is 17.0. The molecule has 0 atom stereocenters. The quantitative estimate of drug-likeness (QED) is 0.793. The highest BCUT2D eigenvalue weighted by atomic mass is 79.9. The maximum Gasteiger partial charge on any atom is 0.262 e. The van der Waals surface area contributed by atoms with Gasteiger partial charge in [-0.3, -0.25) is 9.59 Å². The molecule has 0 saturated heterocycles. The number of ether oxygens (including phenoxy) is 1. The minimum Gasteiger partial charge on any atom is -0.484 e. The van der Waals surface area contributed by atoms with Crippen molar-refractivity contribution in [1.29, 1.82) is 0 Å². The number of nitrogens with one attached hydrogen (secondary N) is 1. The van der Waals surface area contributed by atoms with E-state index in [0.29, 0.717) is 17.0 Å². The first-order chi connectivity index (χ1) is 10.9. The topological polar surface area (TPSA) is 55.4 Å². The van der Waals surface area contributed by atoms with Crippen LogP contribution in [0, 0.1) is 13.8 Å². The molecule has 23 heavy (non-hydrogen) atoms. The fourth-order valence-electron chi connectivity index (χ4n) is 2.12. The third-order valence-electron chi connectivity index (χ3n) is 3.36.